The molecular formula is C18H29ClN2O2. The average Bonchev–Trinajstić information content (AvgIpc) is 2.55. The van der Waals surface area contributed by atoms with Gasteiger partial charge in [0.2, 0.25) is 5.91 Å². The Bertz CT molecular complexity index is 496. The van der Waals surface area contributed by atoms with E-state index in [9.17, 15) is 4.79 Å². The van der Waals surface area contributed by atoms with Crippen LogP contribution in [0.3, 0.4) is 0 Å². The van der Waals surface area contributed by atoms with E-state index in [-0.39, 0.29) is 24.4 Å². The summed E-state index contributed by atoms with van der Waals surface area (Å²) < 4.78 is 5.48. The van der Waals surface area contributed by atoms with Gasteiger partial charge in [-0.3, -0.25) is 4.79 Å². The summed E-state index contributed by atoms with van der Waals surface area (Å²) in [4.78, 5) is 14.8. The van der Waals surface area contributed by atoms with Crippen LogP contribution in [0.5, 0.6) is 5.75 Å². The molecule has 1 aromatic rings. The molecule has 5 heteroatoms. The normalized spacial score (nSPS) is 18.9. The summed E-state index contributed by atoms with van der Waals surface area (Å²) in [6, 6.07) is 8.06. The van der Waals surface area contributed by atoms with E-state index in [4.69, 9.17) is 4.74 Å². The molecule has 0 saturated carbocycles. The van der Waals surface area contributed by atoms with E-state index >= 15 is 0 Å². The van der Waals surface area contributed by atoms with Gasteiger partial charge in [0, 0.05) is 31.6 Å². The predicted molar refractivity (Wildman–Crippen MR) is 96.3 cm³/mol. The van der Waals surface area contributed by atoms with Crippen LogP contribution in [0.2, 0.25) is 0 Å². The summed E-state index contributed by atoms with van der Waals surface area (Å²) in [7, 11) is 1.69. The quantitative estimate of drug-likeness (QED) is 0.862. The molecule has 1 N–H and O–H groups in total. The van der Waals surface area contributed by atoms with Crippen molar-refractivity contribution in [3.63, 3.8) is 0 Å². The third kappa shape index (κ3) is 5.11. The fourth-order valence-corrected chi connectivity index (χ4v) is 3.23. The Kier molecular flexibility index (Phi) is 8.42. The van der Waals surface area contributed by atoms with Crippen LogP contribution in [-0.2, 0) is 4.79 Å². The van der Waals surface area contributed by atoms with Gasteiger partial charge in [0.1, 0.15) is 5.75 Å². The number of ether oxygens (including phenoxy) is 1. The lowest BCUT2D eigenvalue weighted by Crippen LogP contribution is -2.49. The fourth-order valence-electron chi connectivity index (χ4n) is 3.23. The molecule has 0 aliphatic carbocycles. The largest absolute Gasteiger partial charge is 0.496 e. The molecule has 1 aromatic carbocycles. The van der Waals surface area contributed by atoms with E-state index in [1.165, 1.54) is 0 Å². The molecule has 1 heterocycles. The molecule has 130 valence electrons. The first-order valence-electron chi connectivity index (χ1n) is 8.30. The van der Waals surface area contributed by atoms with Gasteiger partial charge in [-0.15, -0.1) is 12.4 Å². The highest BCUT2D eigenvalue weighted by atomic mass is 35.5. The number of carbonyl (C=O) groups is 1. The maximum absolute atomic E-state index is 12.7. The van der Waals surface area contributed by atoms with Gasteiger partial charge in [-0.1, -0.05) is 44.9 Å². The van der Waals surface area contributed by atoms with Gasteiger partial charge < -0.3 is 15.0 Å². The molecule has 2 rings (SSSR count). The molecular weight excluding hydrogens is 312 g/mol. The van der Waals surface area contributed by atoms with Crippen LogP contribution in [0.1, 0.15) is 44.7 Å². The standard InChI is InChI=1S/C18H28N2O2.ClH/c1-4-7-14(2)12-18(21)20-11-10-19-13-16(20)15-8-5-6-9-17(15)22-3;/h5-6,8-9,14,16,19H,4,7,10-13H2,1-3H3;1H. The summed E-state index contributed by atoms with van der Waals surface area (Å²) >= 11 is 0. The van der Waals surface area contributed by atoms with Gasteiger partial charge in [-0.25, -0.2) is 0 Å². The average molecular weight is 341 g/mol. The van der Waals surface area contributed by atoms with Crippen LogP contribution in [0.25, 0.3) is 0 Å². The lowest BCUT2D eigenvalue weighted by atomic mass is 9.98. The first-order valence-corrected chi connectivity index (χ1v) is 8.30. The molecule has 0 radical (unpaired) electrons. The Labute approximate surface area is 146 Å². The number of rotatable bonds is 6. The van der Waals surface area contributed by atoms with Gasteiger partial charge >= 0.3 is 0 Å². The summed E-state index contributed by atoms with van der Waals surface area (Å²) in [5.74, 6) is 1.57. The Morgan fingerprint density at radius 1 is 1.43 bits per heavy atom. The molecule has 0 aromatic heterocycles. The van der Waals surface area contributed by atoms with E-state index < -0.39 is 0 Å². The number of hydrogen-bond acceptors (Lipinski definition) is 3. The van der Waals surface area contributed by atoms with Crippen molar-refractivity contribution in [3.05, 3.63) is 29.8 Å². The number of carbonyl (C=O) groups excluding carboxylic acids is 1. The van der Waals surface area contributed by atoms with Gasteiger partial charge in [0.05, 0.1) is 13.2 Å². The summed E-state index contributed by atoms with van der Waals surface area (Å²) in [6.45, 7) is 6.75. The van der Waals surface area contributed by atoms with Crippen LogP contribution >= 0.6 is 12.4 Å². The minimum Gasteiger partial charge on any atom is -0.496 e. The molecule has 1 aliphatic heterocycles. The third-order valence-electron chi connectivity index (χ3n) is 4.37. The Morgan fingerprint density at radius 2 is 2.17 bits per heavy atom. The molecule has 0 spiro atoms. The first-order chi connectivity index (χ1) is 10.7. The Morgan fingerprint density at radius 3 is 2.87 bits per heavy atom. The van der Waals surface area contributed by atoms with Crippen molar-refractivity contribution in [2.45, 2.75) is 39.2 Å². The van der Waals surface area contributed by atoms with E-state index in [0.717, 1.165) is 43.8 Å². The number of para-hydroxylation sites is 1. The zero-order chi connectivity index (χ0) is 15.9. The molecule has 1 amide bonds. The Hall–Kier alpha value is -1.26. The molecule has 2 unspecified atom stereocenters. The second kappa shape index (κ2) is 9.78. The van der Waals surface area contributed by atoms with Gasteiger partial charge in [0.15, 0.2) is 0 Å². The topological polar surface area (TPSA) is 41.6 Å². The fraction of sp³-hybridized carbons (Fsp3) is 0.611. The SMILES string of the molecule is CCCC(C)CC(=O)N1CCNCC1c1ccccc1OC.Cl. The van der Waals surface area contributed by atoms with E-state index in [1.54, 1.807) is 7.11 Å². The lowest BCUT2D eigenvalue weighted by Gasteiger charge is -2.37. The smallest absolute Gasteiger partial charge is 0.223 e. The monoisotopic (exact) mass is 340 g/mol. The minimum absolute atomic E-state index is 0. The molecule has 0 bridgehead atoms. The van der Waals surface area contributed by atoms with Gasteiger partial charge in [0.25, 0.3) is 0 Å². The molecule has 4 nitrogen and oxygen atoms in total. The van der Waals surface area contributed by atoms with Crippen molar-refractivity contribution in [1.29, 1.82) is 0 Å². The lowest BCUT2D eigenvalue weighted by molar-refractivity contribution is -0.135. The highest BCUT2D eigenvalue weighted by Crippen LogP contribution is 2.31. The van der Waals surface area contributed by atoms with Crippen LogP contribution in [0, 0.1) is 5.92 Å². The number of amides is 1. The number of benzene rings is 1. The number of hydrogen-bond donors (Lipinski definition) is 1. The van der Waals surface area contributed by atoms with Crippen LogP contribution < -0.4 is 10.1 Å². The highest BCUT2D eigenvalue weighted by Gasteiger charge is 2.30. The predicted octanol–water partition coefficient (Wildman–Crippen LogP) is 3.42. The number of piperazine rings is 1. The van der Waals surface area contributed by atoms with Crippen molar-refractivity contribution < 1.29 is 9.53 Å². The van der Waals surface area contributed by atoms with E-state index in [2.05, 4.69) is 25.2 Å². The molecule has 1 saturated heterocycles. The molecule has 1 fully saturated rings. The van der Waals surface area contributed by atoms with Crippen molar-refractivity contribution in [1.82, 2.24) is 10.2 Å². The van der Waals surface area contributed by atoms with E-state index in [0.29, 0.717) is 12.3 Å². The molecule has 23 heavy (non-hydrogen) atoms. The zero-order valence-electron chi connectivity index (χ0n) is 14.4. The van der Waals surface area contributed by atoms with Crippen molar-refractivity contribution in [3.8, 4) is 5.75 Å². The van der Waals surface area contributed by atoms with Crippen LogP contribution in [0.4, 0.5) is 0 Å². The second-order valence-corrected chi connectivity index (χ2v) is 6.15. The number of methoxy groups -OCH3 is 1. The summed E-state index contributed by atoms with van der Waals surface area (Å²) in [6.07, 6.45) is 2.88. The van der Waals surface area contributed by atoms with Crippen LogP contribution in [-0.4, -0.2) is 37.6 Å². The second-order valence-electron chi connectivity index (χ2n) is 6.15. The highest BCUT2D eigenvalue weighted by molar-refractivity contribution is 5.85. The summed E-state index contributed by atoms with van der Waals surface area (Å²) in [5.41, 5.74) is 1.09. The van der Waals surface area contributed by atoms with Crippen molar-refractivity contribution >= 4 is 18.3 Å². The van der Waals surface area contributed by atoms with Gasteiger partial charge in [-0.2, -0.15) is 0 Å². The van der Waals surface area contributed by atoms with Gasteiger partial charge in [-0.05, 0) is 12.0 Å². The summed E-state index contributed by atoms with van der Waals surface area (Å²) in [5, 5.41) is 3.40. The number of halogens is 1. The zero-order valence-corrected chi connectivity index (χ0v) is 15.2. The van der Waals surface area contributed by atoms with Crippen LogP contribution in [0.15, 0.2) is 24.3 Å². The number of nitrogens with one attached hydrogen (secondary N) is 1. The maximum Gasteiger partial charge on any atom is 0.223 e. The molecule has 2 atom stereocenters. The minimum atomic E-state index is 0. The molecule has 1 aliphatic rings. The van der Waals surface area contributed by atoms with Crippen molar-refractivity contribution in [2.75, 3.05) is 26.7 Å². The van der Waals surface area contributed by atoms with E-state index in [1.807, 2.05) is 23.1 Å². The Balaban J connectivity index is 0.00000264. The maximum atomic E-state index is 12.7. The van der Waals surface area contributed by atoms with Crippen molar-refractivity contribution in [2.24, 2.45) is 5.92 Å². The third-order valence-corrected chi connectivity index (χ3v) is 4.37. The first kappa shape index (κ1) is 19.8. The number of nitrogens with zero attached hydrogens (tertiary/aromatic N) is 1.